The van der Waals surface area contributed by atoms with Crippen LogP contribution in [0.5, 0.6) is 0 Å². The van der Waals surface area contributed by atoms with E-state index in [9.17, 15) is 4.79 Å². The molecule has 1 aromatic rings. The Morgan fingerprint density at radius 1 is 1.20 bits per heavy atom. The average molecular weight is 274 g/mol. The molecule has 20 heavy (non-hydrogen) atoms. The van der Waals surface area contributed by atoms with Crippen LogP contribution in [-0.4, -0.2) is 47.7 Å². The van der Waals surface area contributed by atoms with Gasteiger partial charge in [0.1, 0.15) is 6.61 Å². The summed E-state index contributed by atoms with van der Waals surface area (Å²) in [7, 11) is 1.81. The molecular weight excluding hydrogens is 252 g/mol. The van der Waals surface area contributed by atoms with Gasteiger partial charge < -0.3 is 14.9 Å². The van der Waals surface area contributed by atoms with E-state index in [0.29, 0.717) is 6.54 Å². The largest absolute Gasteiger partial charge is 0.384 e. The number of nitrogens with zero attached hydrogens (tertiary/aromatic N) is 2. The summed E-state index contributed by atoms with van der Waals surface area (Å²) < 4.78 is 0. The zero-order valence-corrected chi connectivity index (χ0v) is 12.4. The van der Waals surface area contributed by atoms with E-state index in [1.165, 1.54) is 0 Å². The van der Waals surface area contributed by atoms with Crippen LogP contribution >= 0.6 is 0 Å². The molecule has 0 spiro atoms. The van der Waals surface area contributed by atoms with Gasteiger partial charge >= 0.3 is 6.03 Å². The molecule has 0 radical (unpaired) electrons. The van der Waals surface area contributed by atoms with Gasteiger partial charge in [0.05, 0.1) is 0 Å². The minimum atomic E-state index is -0.136. The van der Waals surface area contributed by atoms with Crippen LogP contribution in [-0.2, 0) is 6.54 Å². The Kier molecular flexibility index (Phi) is 6.61. The summed E-state index contributed by atoms with van der Waals surface area (Å²) in [5.74, 6) is 5.45. The Balaban J connectivity index is 2.66. The molecule has 2 amide bonds. The average Bonchev–Trinajstić information content (AvgIpc) is 2.47. The van der Waals surface area contributed by atoms with Crippen LogP contribution in [0.2, 0.25) is 0 Å². The summed E-state index contributed by atoms with van der Waals surface area (Å²) in [6.45, 7) is 5.82. The van der Waals surface area contributed by atoms with Gasteiger partial charge in [-0.2, -0.15) is 0 Å². The van der Waals surface area contributed by atoms with Gasteiger partial charge in [0.25, 0.3) is 0 Å². The molecule has 108 valence electrons. The number of carbonyl (C=O) groups excluding carboxylic acids is 1. The van der Waals surface area contributed by atoms with Crippen molar-refractivity contribution in [3.8, 4) is 11.8 Å². The number of hydrogen-bond acceptors (Lipinski definition) is 2. The Morgan fingerprint density at radius 3 is 2.30 bits per heavy atom. The second kappa shape index (κ2) is 8.23. The molecule has 1 aromatic carbocycles. The first kappa shape index (κ1) is 16.1. The Labute approximate surface area is 121 Å². The van der Waals surface area contributed by atoms with E-state index in [4.69, 9.17) is 5.11 Å². The number of aliphatic hydroxyl groups excluding tert-OH is 1. The summed E-state index contributed by atoms with van der Waals surface area (Å²) in [6, 6.07) is 7.74. The lowest BCUT2D eigenvalue weighted by Crippen LogP contribution is -2.40. The van der Waals surface area contributed by atoms with Crippen LogP contribution in [0.15, 0.2) is 24.3 Å². The third-order valence-corrected chi connectivity index (χ3v) is 3.05. The standard InChI is InChI=1S/C16H22N2O2/c1-4-18(5-2)16(20)17(3)13-15-10-8-14(9-11-15)7-6-12-19/h8-11,19H,4-5,12-13H2,1-3H3. The predicted molar refractivity (Wildman–Crippen MR) is 80.2 cm³/mol. The van der Waals surface area contributed by atoms with Gasteiger partial charge in [0.2, 0.25) is 0 Å². The van der Waals surface area contributed by atoms with E-state index in [2.05, 4.69) is 11.8 Å². The van der Waals surface area contributed by atoms with Crippen molar-refractivity contribution >= 4 is 6.03 Å². The second-order valence-electron chi connectivity index (χ2n) is 4.47. The SMILES string of the molecule is CCN(CC)C(=O)N(C)Cc1ccc(C#CCO)cc1. The van der Waals surface area contributed by atoms with Crippen molar-refractivity contribution in [1.82, 2.24) is 9.80 Å². The molecule has 0 aromatic heterocycles. The molecular formula is C16H22N2O2. The number of benzene rings is 1. The van der Waals surface area contributed by atoms with Crippen molar-refractivity contribution in [2.24, 2.45) is 0 Å². The van der Waals surface area contributed by atoms with Crippen LogP contribution in [0, 0.1) is 11.8 Å². The molecule has 0 bridgehead atoms. The van der Waals surface area contributed by atoms with Crippen LogP contribution in [0.4, 0.5) is 4.79 Å². The van der Waals surface area contributed by atoms with Gasteiger partial charge in [-0.3, -0.25) is 0 Å². The molecule has 0 aliphatic carbocycles. The highest BCUT2D eigenvalue weighted by Crippen LogP contribution is 2.08. The molecule has 1 rings (SSSR count). The third-order valence-electron chi connectivity index (χ3n) is 3.05. The zero-order valence-electron chi connectivity index (χ0n) is 12.4. The highest BCUT2D eigenvalue weighted by atomic mass is 16.2. The Hall–Kier alpha value is -1.99. The number of carbonyl (C=O) groups is 1. The normalized spacial score (nSPS) is 9.60. The molecule has 0 unspecified atom stereocenters. The smallest absolute Gasteiger partial charge is 0.320 e. The van der Waals surface area contributed by atoms with Crippen molar-refractivity contribution < 1.29 is 9.90 Å². The number of rotatable bonds is 4. The van der Waals surface area contributed by atoms with Crippen LogP contribution in [0.1, 0.15) is 25.0 Å². The van der Waals surface area contributed by atoms with E-state index in [1.807, 2.05) is 38.1 Å². The van der Waals surface area contributed by atoms with Crippen molar-refractivity contribution in [2.75, 3.05) is 26.7 Å². The number of amides is 2. The summed E-state index contributed by atoms with van der Waals surface area (Å²) >= 11 is 0. The number of urea groups is 1. The number of hydrogen-bond donors (Lipinski definition) is 1. The molecule has 1 N–H and O–H groups in total. The van der Waals surface area contributed by atoms with E-state index >= 15 is 0 Å². The molecule has 0 saturated carbocycles. The topological polar surface area (TPSA) is 43.8 Å². The van der Waals surface area contributed by atoms with Crippen LogP contribution in [0.3, 0.4) is 0 Å². The van der Waals surface area contributed by atoms with Gasteiger partial charge in [-0.1, -0.05) is 24.0 Å². The van der Waals surface area contributed by atoms with Crippen LogP contribution < -0.4 is 0 Å². The fraction of sp³-hybridized carbons (Fsp3) is 0.438. The first-order chi connectivity index (χ1) is 9.62. The zero-order chi connectivity index (χ0) is 15.0. The summed E-state index contributed by atoms with van der Waals surface area (Å²) in [6.07, 6.45) is 0. The van der Waals surface area contributed by atoms with Crippen molar-refractivity contribution in [3.63, 3.8) is 0 Å². The molecule has 0 atom stereocenters. The molecule has 0 heterocycles. The maximum Gasteiger partial charge on any atom is 0.320 e. The van der Waals surface area contributed by atoms with Gasteiger partial charge in [-0.15, -0.1) is 0 Å². The number of aliphatic hydroxyl groups is 1. The molecule has 0 fully saturated rings. The van der Waals surface area contributed by atoms with E-state index in [-0.39, 0.29) is 12.6 Å². The van der Waals surface area contributed by atoms with E-state index in [0.717, 1.165) is 24.2 Å². The molecule has 4 nitrogen and oxygen atoms in total. The second-order valence-corrected chi connectivity index (χ2v) is 4.47. The summed E-state index contributed by atoms with van der Waals surface area (Å²) in [5, 5.41) is 8.64. The summed E-state index contributed by atoms with van der Waals surface area (Å²) in [4.78, 5) is 15.6. The minimum absolute atomic E-state index is 0.0409. The summed E-state index contributed by atoms with van der Waals surface area (Å²) in [5.41, 5.74) is 1.92. The first-order valence-corrected chi connectivity index (χ1v) is 6.81. The fourth-order valence-corrected chi connectivity index (χ4v) is 1.91. The lowest BCUT2D eigenvalue weighted by molar-refractivity contribution is 0.165. The third kappa shape index (κ3) is 4.60. The van der Waals surface area contributed by atoms with Crippen molar-refractivity contribution in [3.05, 3.63) is 35.4 Å². The van der Waals surface area contributed by atoms with E-state index in [1.54, 1.807) is 16.8 Å². The van der Waals surface area contributed by atoms with Gasteiger partial charge in [-0.25, -0.2) is 4.79 Å². The lowest BCUT2D eigenvalue weighted by Gasteiger charge is -2.26. The quantitative estimate of drug-likeness (QED) is 0.853. The Bertz CT molecular complexity index is 481. The predicted octanol–water partition coefficient (Wildman–Crippen LogP) is 1.92. The molecule has 0 saturated heterocycles. The lowest BCUT2D eigenvalue weighted by atomic mass is 10.1. The van der Waals surface area contributed by atoms with E-state index < -0.39 is 0 Å². The van der Waals surface area contributed by atoms with Gasteiger partial charge in [0, 0.05) is 32.2 Å². The maximum atomic E-state index is 12.1. The maximum absolute atomic E-state index is 12.1. The minimum Gasteiger partial charge on any atom is -0.384 e. The van der Waals surface area contributed by atoms with Crippen LogP contribution in [0.25, 0.3) is 0 Å². The first-order valence-electron chi connectivity index (χ1n) is 6.81. The van der Waals surface area contributed by atoms with Gasteiger partial charge in [-0.05, 0) is 31.5 Å². The molecule has 4 heteroatoms. The monoisotopic (exact) mass is 274 g/mol. The fourth-order valence-electron chi connectivity index (χ4n) is 1.91. The highest BCUT2D eigenvalue weighted by Gasteiger charge is 2.14. The molecule has 0 aliphatic heterocycles. The van der Waals surface area contributed by atoms with Gasteiger partial charge in [0.15, 0.2) is 0 Å². The Morgan fingerprint density at radius 2 is 1.80 bits per heavy atom. The van der Waals surface area contributed by atoms with Crippen molar-refractivity contribution in [2.45, 2.75) is 20.4 Å². The van der Waals surface area contributed by atoms with Crippen molar-refractivity contribution in [1.29, 1.82) is 0 Å². The molecule has 0 aliphatic rings. The highest BCUT2D eigenvalue weighted by molar-refractivity contribution is 5.74.